The number of rotatable bonds is 6. The van der Waals surface area contributed by atoms with Gasteiger partial charge in [0, 0.05) is 12.5 Å². The fourth-order valence-electron chi connectivity index (χ4n) is 3.85. The van der Waals surface area contributed by atoms with Crippen LogP contribution in [0.3, 0.4) is 0 Å². The van der Waals surface area contributed by atoms with Gasteiger partial charge >= 0.3 is 12.3 Å². The highest BCUT2D eigenvalue weighted by atomic mass is 19.4. The molecule has 2 aromatic carbocycles. The van der Waals surface area contributed by atoms with Gasteiger partial charge < -0.3 is 9.47 Å². The van der Waals surface area contributed by atoms with E-state index in [9.17, 15) is 27.6 Å². The molecule has 1 aliphatic heterocycles. The van der Waals surface area contributed by atoms with E-state index in [2.05, 4.69) is 14.9 Å². The molecular weight excluding hydrogens is 491 g/mol. The molecule has 0 saturated carbocycles. The normalized spacial score (nSPS) is 15.7. The van der Waals surface area contributed by atoms with Crippen molar-refractivity contribution < 1.29 is 37.0 Å². The Kier molecular flexibility index (Phi) is 6.80. The molecule has 37 heavy (non-hydrogen) atoms. The van der Waals surface area contributed by atoms with Crippen molar-refractivity contribution in [3.05, 3.63) is 94.4 Å². The van der Waals surface area contributed by atoms with E-state index in [4.69, 9.17) is 4.74 Å². The lowest BCUT2D eigenvalue weighted by Crippen LogP contribution is -2.32. The van der Waals surface area contributed by atoms with E-state index in [0.717, 1.165) is 29.5 Å². The number of Topliss-reactive ketones (excluding diaryl/α,β-unsaturated/α-hetero) is 1. The third-order valence-electron chi connectivity index (χ3n) is 5.45. The van der Waals surface area contributed by atoms with Crippen LogP contribution in [0.5, 0.6) is 5.75 Å². The van der Waals surface area contributed by atoms with Crippen molar-refractivity contribution >= 4 is 23.5 Å². The van der Waals surface area contributed by atoms with E-state index in [0.29, 0.717) is 5.69 Å². The smallest absolute Gasteiger partial charge is 0.420 e. The lowest BCUT2D eigenvalue weighted by molar-refractivity contribution is -0.274. The first-order valence-electron chi connectivity index (χ1n) is 11.0. The quantitative estimate of drug-likeness (QED) is 0.347. The van der Waals surface area contributed by atoms with Gasteiger partial charge in [-0.1, -0.05) is 42.0 Å². The largest absolute Gasteiger partial charge is 0.573 e. The number of esters is 1. The Morgan fingerprint density at radius 3 is 2.11 bits per heavy atom. The summed E-state index contributed by atoms with van der Waals surface area (Å²) in [6.45, 7) is 4.61. The summed E-state index contributed by atoms with van der Waals surface area (Å²) in [5.41, 5.74) is 1.75. The topological polar surface area (TPSA) is 98.7 Å². The molecular formula is C26H20F3N3O5. The van der Waals surface area contributed by atoms with Gasteiger partial charge in [-0.25, -0.2) is 0 Å². The minimum absolute atomic E-state index is 0.0487. The maximum Gasteiger partial charge on any atom is 0.573 e. The Morgan fingerprint density at radius 1 is 0.919 bits per heavy atom. The van der Waals surface area contributed by atoms with Gasteiger partial charge in [0.05, 0.1) is 17.3 Å². The Balaban J connectivity index is 1.89. The van der Waals surface area contributed by atoms with Gasteiger partial charge in [0.1, 0.15) is 5.75 Å². The van der Waals surface area contributed by atoms with Crippen molar-refractivity contribution in [2.45, 2.75) is 33.2 Å². The fraction of sp³-hybridized carbons (Fsp3) is 0.192. The average molecular weight is 511 g/mol. The van der Waals surface area contributed by atoms with Crippen molar-refractivity contribution in [1.82, 2.24) is 10.2 Å². The molecule has 1 amide bonds. The van der Waals surface area contributed by atoms with Gasteiger partial charge in [0.15, 0.2) is 11.6 Å². The number of carbonyl (C=O) groups excluding carboxylic acids is 3. The molecule has 190 valence electrons. The SMILES string of the molecule is CC(=O)OC1=C(C(=O)c2ccc(C)cc2)C(c2ccc(OC(F)(F)F)cc2)N(c2ccc(C)nn2)C1=O. The summed E-state index contributed by atoms with van der Waals surface area (Å²) in [4.78, 5) is 40.3. The number of alkyl halides is 3. The summed E-state index contributed by atoms with van der Waals surface area (Å²) in [6.07, 6.45) is -4.90. The van der Waals surface area contributed by atoms with E-state index >= 15 is 0 Å². The molecule has 0 radical (unpaired) electrons. The van der Waals surface area contributed by atoms with Gasteiger partial charge in [-0.2, -0.15) is 5.10 Å². The molecule has 8 nitrogen and oxygen atoms in total. The van der Waals surface area contributed by atoms with Gasteiger partial charge in [-0.3, -0.25) is 19.3 Å². The van der Waals surface area contributed by atoms with Crippen LogP contribution in [0.2, 0.25) is 0 Å². The number of ketones is 1. The number of amides is 1. The molecule has 3 aromatic rings. The zero-order valence-electron chi connectivity index (χ0n) is 19.9. The summed E-state index contributed by atoms with van der Waals surface area (Å²) < 4.78 is 47.2. The van der Waals surface area contributed by atoms with E-state index in [1.54, 1.807) is 37.3 Å². The van der Waals surface area contributed by atoms with Crippen molar-refractivity contribution in [2.24, 2.45) is 0 Å². The van der Waals surface area contributed by atoms with Crippen LogP contribution in [0.15, 0.2) is 72.0 Å². The summed E-state index contributed by atoms with van der Waals surface area (Å²) in [6, 6.07) is 13.1. The molecule has 4 rings (SSSR count). The van der Waals surface area contributed by atoms with Crippen molar-refractivity contribution in [1.29, 1.82) is 0 Å². The first-order chi connectivity index (χ1) is 17.4. The monoisotopic (exact) mass is 511 g/mol. The second kappa shape index (κ2) is 9.84. The Hall–Kier alpha value is -4.54. The summed E-state index contributed by atoms with van der Waals surface area (Å²) in [5.74, 6) is -3.20. The van der Waals surface area contributed by atoms with Crippen LogP contribution in [-0.2, 0) is 14.3 Å². The van der Waals surface area contributed by atoms with Crippen LogP contribution >= 0.6 is 0 Å². The maximum atomic E-state index is 13.7. The van der Waals surface area contributed by atoms with Gasteiger partial charge in [0.2, 0.25) is 5.76 Å². The predicted octanol–water partition coefficient (Wildman–Crippen LogP) is 4.78. The third-order valence-corrected chi connectivity index (χ3v) is 5.45. The number of hydrogen-bond donors (Lipinski definition) is 0. The van der Waals surface area contributed by atoms with E-state index in [-0.39, 0.29) is 22.5 Å². The molecule has 11 heteroatoms. The third kappa shape index (κ3) is 5.50. The number of aryl methyl sites for hydroxylation is 2. The average Bonchev–Trinajstić information content (AvgIpc) is 3.10. The highest BCUT2D eigenvalue weighted by Gasteiger charge is 2.47. The zero-order valence-corrected chi connectivity index (χ0v) is 19.9. The molecule has 0 bridgehead atoms. The van der Waals surface area contributed by atoms with Crippen LogP contribution in [-0.4, -0.2) is 34.2 Å². The lowest BCUT2D eigenvalue weighted by Gasteiger charge is -2.25. The number of ether oxygens (including phenoxy) is 2. The Bertz CT molecular complexity index is 1380. The second-order valence-corrected chi connectivity index (χ2v) is 8.26. The minimum Gasteiger partial charge on any atom is -0.420 e. The molecule has 0 spiro atoms. The number of benzene rings is 2. The predicted molar refractivity (Wildman–Crippen MR) is 124 cm³/mol. The fourth-order valence-corrected chi connectivity index (χ4v) is 3.85. The van der Waals surface area contributed by atoms with Crippen molar-refractivity contribution in [2.75, 3.05) is 4.90 Å². The molecule has 0 aliphatic carbocycles. The second-order valence-electron chi connectivity index (χ2n) is 8.26. The van der Waals surface area contributed by atoms with E-state index < -0.39 is 41.6 Å². The van der Waals surface area contributed by atoms with Crippen molar-refractivity contribution in [3.8, 4) is 5.75 Å². The maximum absolute atomic E-state index is 13.7. The number of anilines is 1. The van der Waals surface area contributed by atoms with Gasteiger partial charge in [0.25, 0.3) is 5.91 Å². The molecule has 0 fully saturated rings. The molecule has 1 atom stereocenters. The highest BCUT2D eigenvalue weighted by Crippen LogP contribution is 2.43. The number of aromatic nitrogens is 2. The molecule has 1 unspecified atom stereocenters. The number of hydrogen-bond acceptors (Lipinski definition) is 7. The molecule has 2 heterocycles. The standard InChI is InChI=1S/C26H20F3N3O5/c1-14-4-7-18(8-5-14)23(34)21-22(17-9-11-19(12-10-17)37-26(27,28)29)32(20-13-6-15(2)30-31-20)25(35)24(21)36-16(3)33/h4-13,22H,1-3H3. The van der Waals surface area contributed by atoms with E-state index in [1.807, 2.05) is 6.92 Å². The summed E-state index contributed by atoms with van der Waals surface area (Å²) >= 11 is 0. The van der Waals surface area contributed by atoms with Crippen LogP contribution in [0, 0.1) is 13.8 Å². The van der Waals surface area contributed by atoms with Crippen LogP contribution < -0.4 is 9.64 Å². The summed E-state index contributed by atoms with van der Waals surface area (Å²) in [7, 11) is 0. The first kappa shape index (κ1) is 25.5. The molecule has 0 saturated heterocycles. The lowest BCUT2D eigenvalue weighted by atomic mass is 9.92. The number of carbonyl (C=O) groups is 3. The van der Waals surface area contributed by atoms with Crippen molar-refractivity contribution in [3.63, 3.8) is 0 Å². The van der Waals surface area contributed by atoms with Gasteiger partial charge in [-0.15, -0.1) is 18.3 Å². The highest BCUT2D eigenvalue weighted by molar-refractivity contribution is 6.21. The molecule has 1 aromatic heterocycles. The summed E-state index contributed by atoms with van der Waals surface area (Å²) in [5, 5.41) is 8.01. The minimum atomic E-state index is -4.90. The first-order valence-corrected chi connectivity index (χ1v) is 11.0. The van der Waals surface area contributed by atoms with Crippen LogP contribution in [0.1, 0.15) is 40.1 Å². The molecule has 1 aliphatic rings. The molecule has 0 N–H and O–H groups in total. The zero-order chi connectivity index (χ0) is 26.9. The van der Waals surface area contributed by atoms with Crippen LogP contribution in [0.25, 0.3) is 0 Å². The number of nitrogens with zero attached hydrogens (tertiary/aromatic N) is 3. The van der Waals surface area contributed by atoms with E-state index in [1.165, 1.54) is 18.2 Å². The van der Waals surface area contributed by atoms with Crippen LogP contribution in [0.4, 0.5) is 19.0 Å². The Morgan fingerprint density at radius 2 is 1.57 bits per heavy atom. The van der Waals surface area contributed by atoms with Gasteiger partial charge in [-0.05, 0) is 43.7 Å². The number of halogens is 3. The Labute approximate surface area is 209 Å².